The van der Waals surface area contributed by atoms with E-state index in [1.807, 2.05) is 0 Å². The van der Waals surface area contributed by atoms with Gasteiger partial charge in [-0.15, -0.1) is 0 Å². The van der Waals surface area contributed by atoms with Crippen LogP contribution in [0.1, 0.15) is 22.8 Å². The van der Waals surface area contributed by atoms with Crippen molar-refractivity contribution in [2.24, 2.45) is 5.10 Å². The molecule has 6 heteroatoms. The van der Waals surface area contributed by atoms with Gasteiger partial charge in [-0.25, -0.2) is 5.43 Å². The van der Waals surface area contributed by atoms with Crippen molar-refractivity contribution < 1.29 is 9.59 Å². The van der Waals surface area contributed by atoms with Crippen molar-refractivity contribution in [2.45, 2.75) is 6.92 Å². The number of amides is 2. The molecule has 6 nitrogen and oxygen atoms in total. The quantitative estimate of drug-likeness (QED) is 0.662. The summed E-state index contributed by atoms with van der Waals surface area (Å²) in [4.78, 5) is 26.4. The van der Waals surface area contributed by atoms with Gasteiger partial charge < -0.3 is 5.32 Å². The van der Waals surface area contributed by atoms with Crippen molar-refractivity contribution in [3.05, 3.63) is 59.9 Å². The molecular formula is C15H14N4O2. The maximum absolute atomic E-state index is 11.7. The first-order valence-corrected chi connectivity index (χ1v) is 6.26. The van der Waals surface area contributed by atoms with Crippen LogP contribution in [0.15, 0.2) is 53.9 Å². The Morgan fingerprint density at radius 1 is 1.19 bits per heavy atom. The average molecular weight is 282 g/mol. The van der Waals surface area contributed by atoms with Gasteiger partial charge in [-0.1, -0.05) is 12.1 Å². The minimum atomic E-state index is -0.325. The fourth-order valence-electron chi connectivity index (χ4n) is 1.58. The van der Waals surface area contributed by atoms with Gasteiger partial charge in [-0.3, -0.25) is 14.6 Å². The molecule has 2 amide bonds. The van der Waals surface area contributed by atoms with Crippen molar-refractivity contribution in [2.75, 3.05) is 5.32 Å². The number of hydrazone groups is 1. The zero-order valence-electron chi connectivity index (χ0n) is 11.4. The molecule has 2 aromatic rings. The van der Waals surface area contributed by atoms with Gasteiger partial charge in [-0.2, -0.15) is 5.10 Å². The summed E-state index contributed by atoms with van der Waals surface area (Å²) in [6.45, 7) is 1.45. The van der Waals surface area contributed by atoms with E-state index in [1.54, 1.807) is 42.6 Å². The molecule has 2 rings (SSSR count). The van der Waals surface area contributed by atoms with Gasteiger partial charge in [0, 0.05) is 25.0 Å². The van der Waals surface area contributed by atoms with Crippen LogP contribution < -0.4 is 10.7 Å². The highest BCUT2D eigenvalue weighted by atomic mass is 16.2. The maximum Gasteiger partial charge on any atom is 0.272 e. The summed E-state index contributed by atoms with van der Waals surface area (Å²) in [6, 6.07) is 10.4. The highest BCUT2D eigenvalue weighted by Gasteiger charge is 2.02. The molecule has 0 spiro atoms. The van der Waals surface area contributed by atoms with Crippen LogP contribution in [-0.2, 0) is 4.79 Å². The summed E-state index contributed by atoms with van der Waals surface area (Å²) in [6.07, 6.45) is 4.58. The number of anilines is 1. The van der Waals surface area contributed by atoms with Gasteiger partial charge in [0.2, 0.25) is 5.91 Å². The molecule has 0 saturated heterocycles. The zero-order chi connectivity index (χ0) is 15.1. The lowest BCUT2D eigenvalue weighted by atomic mass is 10.2. The van der Waals surface area contributed by atoms with Crippen LogP contribution in [0.2, 0.25) is 0 Å². The first kappa shape index (κ1) is 14.4. The first-order chi connectivity index (χ1) is 10.1. The standard InChI is InChI=1S/C15H14N4O2/c1-11(20)18-14-6-4-12(5-7-14)9-17-19-15(21)13-3-2-8-16-10-13/h2-10H,1H3,(H,18,20)(H,19,21). The lowest BCUT2D eigenvalue weighted by Crippen LogP contribution is -2.17. The Morgan fingerprint density at radius 2 is 1.95 bits per heavy atom. The number of nitrogens with zero attached hydrogens (tertiary/aromatic N) is 2. The highest BCUT2D eigenvalue weighted by Crippen LogP contribution is 2.07. The SMILES string of the molecule is CC(=O)Nc1ccc(C=NNC(=O)c2cccnc2)cc1. The first-order valence-electron chi connectivity index (χ1n) is 6.26. The summed E-state index contributed by atoms with van der Waals surface area (Å²) >= 11 is 0. The maximum atomic E-state index is 11.7. The molecule has 0 atom stereocenters. The molecule has 0 unspecified atom stereocenters. The fraction of sp³-hybridized carbons (Fsp3) is 0.0667. The highest BCUT2D eigenvalue weighted by molar-refractivity contribution is 5.94. The average Bonchev–Trinajstić information content (AvgIpc) is 2.49. The van der Waals surface area contributed by atoms with Gasteiger partial charge in [0.15, 0.2) is 0 Å². The molecule has 0 fully saturated rings. The second kappa shape index (κ2) is 6.95. The zero-order valence-corrected chi connectivity index (χ0v) is 11.4. The number of pyridine rings is 1. The Hall–Kier alpha value is -3.02. The molecule has 0 bridgehead atoms. The summed E-state index contributed by atoms with van der Waals surface area (Å²) in [5.74, 6) is -0.450. The number of hydrogen-bond acceptors (Lipinski definition) is 4. The van der Waals surface area contributed by atoms with E-state index in [0.717, 1.165) is 5.56 Å². The van der Waals surface area contributed by atoms with Crippen molar-refractivity contribution in [3.63, 3.8) is 0 Å². The Balaban J connectivity index is 1.92. The molecule has 1 aromatic heterocycles. The monoisotopic (exact) mass is 282 g/mol. The van der Waals surface area contributed by atoms with Crippen molar-refractivity contribution in [1.29, 1.82) is 0 Å². The van der Waals surface area contributed by atoms with Crippen LogP contribution in [0.25, 0.3) is 0 Å². The lowest BCUT2D eigenvalue weighted by molar-refractivity contribution is -0.114. The third-order valence-electron chi connectivity index (χ3n) is 2.53. The second-order valence-corrected chi connectivity index (χ2v) is 4.24. The van der Waals surface area contributed by atoms with Crippen LogP contribution in [0.5, 0.6) is 0 Å². The number of rotatable bonds is 4. The normalized spacial score (nSPS) is 10.3. The van der Waals surface area contributed by atoms with E-state index < -0.39 is 0 Å². The predicted octanol–water partition coefficient (Wildman–Crippen LogP) is 1.80. The number of hydrogen-bond donors (Lipinski definition) is 2. The minimum Gasteiger partial charge on any atom is -0.326 e. The van der Waals surface area contributed by atoms with E-state index in [0.29, 0.717) is 11.3 Å². The predicted molar refractivity (Wildman–Crippen MR) is 80.0 cm³/mol. The molecule has 1 aromatic carbocycles. The van der Waals surface area contributed by atoms with Crippen molar-refractivity contribution >= 4 is 23.7 Å². The molecule has 0 aliphatic carbocycles. The summed E-state index contributed by atoms with van der Waals surface area (Å²) < 4.78 is 0. The van der Waals surface area contributed by atoms with Gasteiger partial charge in [0.1, 0.15) is 0 Å². The summed E-state index contributed by atoms with van der Waals surface area (Å²) in [5, 5.41) is 6.54. The molecule has 2 N–H and O–H groups in total. The third kappa shape index (κ3) is 4.54. The number of aromatic nitrogens is 1. The van der Waals surface area contributed by atoms with Crippen LogP contribution in [-0.4, -0.2) is 23.0 Å². The van der Waals surface area contributed by atoms with Crippen molar-refractivity contribution in [3.8, 4) is 0 Å². The Bertz CT molecular complexity index is 651. The lowest BCUT2D eigenvalue weighted by Gasteiger charge is -2.01. The Morgan fingerprint density at radius 3 is 2.57 bits per heavy atom. The van der Waals surface area contributed by atoms with E-state index in [4.69, 9.17) is 0 Å². The Kier molecular flexibility index (Phi) is 4.76. The molecular weight excluding hydrogens is 268 g/mol. The van der Waals surface area contributed by atoms with E-state index >= 15 is 0 Å². The van der Waals surface area contributed by atoms with E-state index in [1.165, 1.54) is 19.3 Å². The van der Waals surface area contributed by atoms with Crippen LogP contribution in [0.3, 0.4) is 0 Å². The minimum absolute atomic E-state index is 0.125. The van der Waals surface area contributed by atoms with Gasteiger partial charge in [-0.05, 0) is 29.8 Å². The third-order valence-corrected chi connectivity index (χ3v) is 2.53. The van der Waals surface area contributed by atoms with Gasteiger partial charge in [0.05, 0.1) is 11.8 Å². The van der Waals surface area contributed by atoms with Gasteiger partial charge in [0.25, 0.3) is 5.91 Å². The van der Waals surface area contributed by atoms with Crippen LogP contribution >= 0.6 is 0 Å². The van der Waals surface area contributed by atoms with Crippen LogP contribution in [0.4, 0.5) is 5.69 Å². The van der Waals surface area contributed by atoms with Crippen LogP contribution in [0, 0.1) is 0 Å². The van der Waals surface area contributed by atoms with E-state index in [-0.39, 0.29) is 11.8 Å². The van der Waals surface area contributed by atoms with Crippen molar-refractivity contribution in [1.82, 2.24) is 10.4 Å². The summed E-state index contributed by atoms with van der Waals surface area (Å²) in [7, 11) is 0. The molecule has 21 heavy (non-hydrogen) atoms. The molecule has 0 aliphatic rings. The topological polar surface area (TPSA) is 83.5 Å². The molecule has 0 aliphatic heterocycles. The molecule has 0 saturated carbocycles. The molecule has 106 valence electrons. The number of nitrogens with one attached hydrogen (secondary N) is 2. The summed E-state index contributed by atoms with van der Waals surface area (Å²) in [5.41, 5.74) is 4.36. The molecule has 1 heterocycles. The van der Waals surface area contributed by atoms with E-state index in [2.05, 4.69) is 20.8 Å². The van der Waals surface area contributed by atoms with Gasteiger partial charge >= 0.3 is 0 Å². The second-order valence-electron chi connectivity index (χ2n) is 4.24. The fourth-order valence-corrected chi connectivity index (χ4v) is 1.58. The Labute approximate surface area is 121 Å². The largest absolute Gasteiger partial charge is 0.326 e. The number of carbonyl (C=O) groups excluding carboxylic acids is 2. The number of benzene rings is 1. The molecule has 0 radical (unpaired) electrons. The smallest absolute Gasteiger partial charge is 0.272 e. The van der Waals surface area contributed by atoms with E-state index in [9.17, 15) is 9.59 Å². The number of carbonyl (C=O) groups is 2.